The van der Waals surface area contributed by atoms with E-state index in [0.717, 1.165) is 19.4 Å². The Bertz CT molecular complexity index is 311. The lowest BCUT2D eigenvalue weighted by Gasteiger charge is -2.40. The summed E-state index contributed by atoms with van der Waals surface area (Å²) in [5.74, 6) is 0.288. The SMILES string of the molecule is CC1CCC(C)N1C(C)C(=O)N1CCCCC1CN. The van der Waals surface area contributed by atoms with Crippen molar-refractivity contribution in [1.29, 1.82) is 0 Å². The van der Waals surface area contributed by atoms with Gasteiger partial charge in [0.25, 0.3) is 0 Å². The highest BCUT2D eigenvalue weighted by molar-refractivity contribution is 5.82. The summed E-state index contributed by atoms with van der Waals surface area (Å²) in [6.07, 6.45) is 5.81. The molecular formula is C15H29N3O. The van der Waals surface area contributed by atoms with E-state index < -0.39 is 0 Å². The van der Waals surface area contributed by atoms with Gasteiger partial charge in [0.2, 0.25) is 5.91 Å². The van der Waals surface area contributed by atoms with Crippen molar-refractivity contribution < 1.29 is 4.79 Å². The van der Waals surface area contributed by atoms with Crippen molar-refractivity contribution in [2.24, 2.45) is 5.73 Å². The molecule has 4 atom stereocenters. The molecule has 2 heterocycles. The quantitative estimate of drug-likeness (QED) is 0.845. The van der Waals surface area contributed by atoms with Gasteiger partial charge in [0, 0.05) is 31.2 Å². The van der Waals surface area contributed by atoms with E-state index >= 15 is 0 Å². The Kier molecular flexibility index (Phi) is 4.85. The van der Waals surface area contributed by atoms with Crippen molar-refractivity contribution in [2.45, 2.75) is 77.0 Å². The van der Waals surface area contributed by atoms with Crippen LogP contribution >= 0.6 is 0 Å². The Labute approximate surface area is 117 Å². The lowest BCUT2D eigenvalue weighted by molar-refractivity contribution is -0.141. The summed E-state index contributed by atoms with van der Waals surface area (Å²) >= 11 is 0. The standard InChI is InChI=1S/C15H29N3O/c1-11-7-8-12(2)18(11)13(3)15(19)17-9-5-4-6-14(17)10-16/h11-14H,4-10,16H2,1-3H3. The molecule has 0 saturated carbocycles. The summed E-state index contributed by atoms with van der Waals surface area (Å²) in [4.78, 5) is 17.2. The summed E-state index contributed by atoms with van der Waals surface area (Å²) in [6.45, 7) is 8.04. The van der Waals surface area contributed by atoms with Gasteiger partial charge in [0.15, 0.2) is 0 Å². The molecule has 2 N–H and O–H groups in total. The van der Waals surface area contributed by atoms with Gasteiger partial charge in [-0.25, -0.2) is 0 Å². The zero-order valence-corrected chi connectivity index (χ0v) is 12.6. The third kappa shape index (κ3) is 2.95. The number of piperidine rings is 1. The molecule has 2 fully saturated rings. The van der Waals surface area contributed by atoms with Crippen molar-refractivity contribution in [3.05, 3.63) is 0 Å². The molecule has 0 bridgehead atoms. The molecule has 0 spiro atoms. The first-order valence-electron chi connectivity index (χ1n) is 7.84. The second kappa shape index (κ2) is 6.23. The minimum absolute atomic E-state index is 0.000324. The molecule has 4 unspecified atom stereocenters. The molecule has 4 nitrogen and oxygen atoms in total. The van der Waals surface area contributed by atoms with E-state index in [-0.39, 0.29) is 18.0 Å². The van der Waals surface area contributed by atoms with Gasteiger partial charge >= 0.3 is 0 Å². The van der Waals surface area contributed by atoms with Gasteiger partial charge in [-0.2, -0.15) is 0 Å². The number of carbonyl (C=O) groups is 1. The molecule has 0 aromatic rings. The van der Waals surface area contributed by atoms with Gasteiger partial charge in [-0.3, -0.25) is 9.69 Å². The normalized spacial score (nSPS) is 34.5. The van der Waals surface area contributed by atoms with Crippen LogP contribution in [0.3, 0.4) is 0 Å². The molecular weight excluding hydrogens is 238 g/mol. The van der Waals surface area contributed by atoms with Gasteiger partial charge in [-0.1, -0.05) is 0 Å². The van der Waals surface area contributed by atoms with Crippen molar-refractivity contribution in [3.8, 4) is 0 Å². The van der Waals surface area contributed by atoms with E-state index in [1.807, 2.05) is 4.90 Å². The molecule has 0 radical (unpaired) electrons. The first kappa shape index (κ1) is 14.8. The summed E-state index contributed by atoms with van der Waals surface area (Å²) in [5.41, 5.74) is 5.83. The smallest absolute Gasteiger partial charge is 0.239 e. The van der Waals surface area contributed by atoms with Gasteiger partial charge < -0.3 is 10.6 Å². The predicted octanol–water partition coefficient (Wildman–Crippen LogP) is 1.59. The minimum Gasteiger partial charge on any atom is -0.337 e. The molecule has 0 aromatic heterocycles. The van der Waals surface area contributed by atoms with Crippen LogP contribution in [0.25, 0.3) is 0 Å². The molecule has 4 heteroatoms. The maximum Gasteiger partial charge on any atom is 0.239 e. The summed E-state index contributed by atoms with van der Waals surface area (Å²) in [7, 11) is 0. The van der Waals surface area contributed by atoms with Crippen LogP contribution in [0.2, 0.25) is 0 Å². The number of hydrogen-bond donors (Lipinski definition) is 1. The van der Waals surface area contributed by atoms with Gasteiger partial charge in [0.1, 0.15) is 0 Å². The van der Waals surface area contributed by atoms with Crippen LogP contribution in [0.5, 0.6) is 0 Å². The van der Waals surface area contributed by atoms with E-state index in [2.05, 4.69) is 25.7 Å². The van der Waals surface area contributed by atoms with Crippen molar-refractivity contribution in [1.82, 2.24) is 9.80 Å². The van der Waals surface area contributed by atoms with Crippen LogP contribution in [-0.2, 0) is 4.79 Å². The largest absolute Gasteiger partial charge is 0.337 e. The van der Waals surface area contributed by atoms with E-state index in [4.69, 9.17) is 5.73 Å². The summed E-state index contributed by atoms with van der Waals surface area (Å²) < 4.78 is 0. The molecule has 2 rings (SSSR count). The van der Waals surface area contributed by atoms with Crippen LogP contribution < -0.4 is 5.73 Å². The van der Waals surface area contributed by atoms with Crippen LogP contribution in [0, 0.1) is 0 Å². The fourth-order valence-electron chi connectivity index (χ4n) is 3.88. The van der Waals surface area contributed by atoms with Crippen molar-refractivity contribution in [2.75, 3.05) is 13.1 Å². The molecule has 110 valence electrons. The third-order valence-corrected chi connectivity index (χ3v) is 5.01. The van der Waals surface area contributed by atoms with E-state index in [0.29, 0.717) is 18.6 Å². The second-order valence-corrected chi connectivity index (χ2v) is 6.32. The minimum atomic E-state index is -0.000324. The average molecular weight is 267 g/mol. The second-order valence-electron chi connectivity index (χ2n) is 6.32. The van der Waals surface area contributed by atoms with Gasteiger partial charge in [-0.15, -0.1) is 0 Å². The first-order chi connectivity index (χ1) is 9.06. The molecule has 2 aliphatic heterocycles. The highest BCUT2D eigenvalue weighted by atomic mass is 16.2. The predicted molar refractivity (Wildman–Crippen MR) is 77.9 cm³/mol. The molecule has 1 amide bonds. The average Bonchev–Trinajstić information content (AvgIpc) is 2.76. The highest BCUT2D eigenvalue weighted by Gasteiger charge is 2.37. The molecule has 2 saturated heterocycles. The number of carbonyl (C=O) groups excluding carboxylic acids is 1. The maximum absolute atomic E-state index is 12.8. The van der Waals surface area contributed by atoms with Crippen molar-refractivity contribution >= 4 is 5.91 Å². The van der Waals surface area contributed by atoms with Gasteiger partial charge in [-0.05, 0) is 52.9 Å². The molecule has 0 aliphatic carbocycles. The maximum atomic E-state index is 12.8. The lowest BCUT2D eigenvalue weighted by Crippen LogP contribution is -2.55. The van der Waals surface area contributed by atoms with Crippen LogP contribution in [0.4, 0.5) is 0 Å². The lowest BCUT2D eigenvalue weighted by atomic mass is 10.0. The molecule has 19 heavy (non-hydrogen) atoms. The Balaban J connectivity index is 2.05. The van der Waals surface area contributed by atoms with Crippen LogP contribution in [0.1, 0.15) is 52.9 Å². The number of nitrogens with zero attached hydrogens (tertiary/aromatic N) is 2. The number of hydrogen-bond acceptors (Lipinski definition) is 3. The zero-order chi connectivity index (χ0) is 14.0. The number of amides is 1. The highest BCUT2D eigenvalue weighted by Crippen LogP contribution is 2.27. The van der Waals surface area contributed by atoms with E-state index in [1.165, 1.54) is 19.3 Å². The number of rotatable bonds is 3. The number of nitrogens with two attached hydrogens (primary N) is 1. The topological polar surface area (TPSA) is 49.6 Å². The van der Waals surface area contributed by atoms with Crippen molar-refractivity contribution in [3.63, 3.8) is 0 Å². The third-order valence-electron chi connectivity index (χ3n) is 5.01. The van der Waals surface area contributed by atoms with Gasteiger partial charge in [0.05, 0.1) is 6.04 Å². The summed E-state index contributed by atoms with van der Waals surface area (Å²) in [6, 6.07) is 1.31. The fourth-order valence-corrected chi connectivity index (χ4v) is 3.88. The zero-order valence-electron chi connectivity index (χ0n) is 12.6. The fraction of sp³-hybridized carbons (Fsp3) is 0.933. The van der Waals surface area contributed by atoms with E-state index in [1.54, 1.807) is 0 Å². The van der Waals surface area contributed by atoms with Crippen LogP contribution in [0.15, 0.2) is 0 Å². The Hall–Kier alpha value is -0.610. The summed E-state index contributed by atoms with van der Waals surface area (Å²) in [5, 5.41) is 0. The molecule has 2 aliphatic rings. The Morgan fingerprint density at radius 3 is 2.42 bits per heavy atom. The Morgan fingerprint density at radius 1 is 1.21 bits per heavy atom. The molecule has 0 aromatic carbocycles. The Morgan fingerprint density at radius 2 is 1.84 bits per heavy atom. The first-order valence-corrected chi connectivity index (χ1v) is 7.84. The number of likely N-dealkylation sites (tertiary alicyclic amines) is 2. The van der Waals surface area contributed by atoms with Crippen LogP contribution in [-0.4, -0.2) is 53.0 Å². The van der Waals surface area contributed by atoms with E-state index in [9.17, 15) is 4.79 Å². The monoisotopic (exact) mass is 267 g/mol.